The minimum atomic E-state index is -1.63. The summed E-state index contributed by atoms with van der Waals surface area (Å²) in [6.07, 6.45) is 4.50. The van der Waals surface area contributed by atoms with Crippen LogP contribution in [0.3, 0.4) is 0 Å². The quantitative estimate of drug-likeness (QED) is 0.140. The Morgan fingerprint density at radius 1 is 0.553 bits per heavy atom. The number of fused-ring (bicyclic) bond motifs is 2. The average molecular weight is 728 g/mol. The lowest BCUT2D eigenvalue weighted by Crippen LogP contribution is -2.43. The Balaban J connectivity index is 0.000000270. The van der Waals surface area contributed by atoms with Gasteiger partial charge in [-0.2, -0.15) is 0 Å². The van der Waals surface area contributed by atoms with Crippen LogP contribution in [0.1, 0.15) is 94.2 Å². The molecule has 0 aliphatic carbocycles. The average Bonchev–Trinajstić information content (AvgIpc) is 3.02. The number of rotatable bonds is 7. The Labute approximate surface area is 298 Å². The first-order chi connectivity index (χ1) is 22.2. The first kappa shape index (κ1) is 40.5. The van der Waals surface area contributed by atoms with Crippen molar-refractivity contribution >= 4 is 53.9 Å². The molecule has 5 heteroatoms. The molecule has 0 spiro atoms. The number of nitrogens with zero attached hydrogens (tertiary/aromatic N) is 2. The van der Waals surface area contributed by atoms with E-state index in [0.29, 0.717) is 16.6 Å². The minimum Gasteiger partial charge on any atom is -0.256 e. The molecule has 2 aromatic carbocycles. The second-order valence-electron chi connectivity index (χ2n) is 14.6. The second-order valence-corrected chi connectivity index (χ2v) is 26.2. The number of aromatic nitrogens is 2. The van der Waals surface area contributed by atoms with E-state index in [2.05, 4.69) is 186 Å². The monoisotopic (exact) mass is 726 g/mol. The number of hydrogen-bond acceptors (Lipinski definition) is 2. The van der Waals surface area contributed by atoms with Gasteiger partial charge in [0.25, 0.3) is 0 Å². The summed E-state index contributed by atoms with van der Waals surface area (Å²) in [5.74, 6) is 3.55. The second kappa shape index (κ2) is 18.7. The Hall–Kier alpha value is -2.71. The number of hydrogen-bond donors (Lipinski definition) is 0. The van der Waals surface area contributed by atoms with Crippen molar-refractivity contribution in [3.63, 3.8) is 0 Å². The van der Waals surface area contributed by atoms with Crippen molar-refractivity contribution in [3.8, 4) is 21.8 Å². The van der Waals surface area contributed by atoms with Crippen LogP contribution in [0.25, 0.3) is 21.8 Å². The molecule has 0 radical (unpaired) electrons. The summed E-state index contributed by atoms with van der Waals surface area (Å²) in [5.41, 5.74) is 16.2. The predicted molar refractivity (Wildman–Crippen MR) is 219 cm³/mol. The van der Waals surface area contributed by atoms with Gasteiger partial charge in [0.15, 0.2) is 0 Å². The molecule has 0 aliphatic heterocycles. The molecule has 0 saturated heterocycles. The van der Waals surface area contributed by atoms with Crippen LogP contribution in [-0.2, 0) is 6.42 Å². The minimum absolute atomic E-state index is 0.681. The first-order valence-electron chi connectivity index (χ1n) is 17.4. The smallest absolute Gasteiger partial charge is 0.147 e. The molecular formula is C42H59BrN2Si2. The van der Waals surface area contributed by atoms with E-state index in [4.69, 9.17) is 0 Å². The van der Waals surface area contributed by atoms with Gasteiger partial charge in [-0.3, -0.25) is 9.97 Å². The lowest BCUT2D eigenvalue weighted by molar-refractivity contribution is 0.838. The number of benzene rings is 2. The van der Waals surface area contributed by atoms with E-state index in [0.717, 1.165) is 34.1 Å². The maximum atomic E-state index is 4.55. The van der Waals surface area contributed by atoms with Crippen molar-refractivity contribution in [2.75, 3.05) is 0 Å². The van der Waals surface area contributed by atoms with Crippen molar-refractivity contribution in [3.05, 3.63) is 84.2 Å². The summed E-state index contributed by atoms with van der Waals surface area (Å²) in [5, 5.41) is 2.42. The molecule has 4 aromatic rings. The van der Waals surface area contributed by atoms with Crippen molar-refractivity contribution in [2.24, 2.45) is 0 Å². The van der Waals surface area contributed by atoms with E-state index >= 15 is 0 Å². The van der Waals surface area contributed by atoms with E-state index in [9.17, 15) is 0 Å². The van der Waals surface area contributed by atoms with Crippen LogP contribution >= 0.6 is 15.9 Å². The van der Waals surface area contributed by atoms with Crippen LogP contribution in [0.4, 0.5) is 0 Å². The Morgan fingerprint density at radius 3 is 1.38 bits per heavy atom. The Morgan fingerprint density at radius 2 is 0.957 bits per heavy atom. The number of aryl methyl sites for hydroxylation is 1. The molecule has 4 rings (SSSR count). The van der Waals surface area contributed by atoms with Gasteiger partial charge in [0.05, 0.1) is 11.0 Å². The van der Waals surface area contributed by atoms with E-state index in [1.807, 2.05) is 24.5 Å². The largest absolute Gasteiger partial charge is 0.256 e. The van der Waals surface area contributed by atoms with Crippen LogP contribution in [0.2, 0.25) is 33.2 Å². The van der Waals surface area contributed by atoms with Crippen molar-refractivity contribution in [2.45, 2.75) is 130 Å². The molecular weight excluding hydrogens is 669 g/mol. The third-order valence-electron chi connectivity index (χ3n) is 10.1. The third kappa shape index (κ3) is 9.91. The lowest BCUT2D eigenvalue weighted by atomic mass is 10.1. The summed E-state index contributed by atoms with van der Waals surface area (Å²) in [6, 6.07) is 20.8. The van der Waals surface area contributed by atoms with Gasteiger partial charge in [-0.1, -0.05) is 132 Å². The number of halogens is 1. The van der Waals surface area contributed by atoms with Gasteiger partial charge in [0.1, 0.15) is 16.1 Å². The SMILES string of the molecule is CC(C)[Si](C#CBr)(C(C)C)C(C)C.CC(C)[Si](C#CCc1cccc2cccnc12)(C(C)C)C(C)C.Cc1cccc2cccnc12. The van der Waals surface area contributed by atoms with Crippen molar-refractivity contribution in [1.82, 2.24) is 9.97 Å². The fourth-order valence-electron chi connectivity index (χ4n) is 7.81. The van der Waals surface area contributed by atoms with Crippen LogP contribution < -0.4 is 0 Å². The normalized spacial score (nSPS) is 11.7. The highest BCUT2D eigenvalue weighted by Crippen LogP contribution is 2.41. The maximum absolute atomic E-state index is 4.55. The van der Waals surface area contributed by atoms with Gasteiger partial charge >= 0.3 is 0 Å². The molecule has 0 saturated carbocycles. The molecule has 0 unspecified atom stereocenters. The molecule has 252 valence electrons. The predicted octanol–water partition coefficient (Wildman–Crippen LogP) is 13.1. The van der Waals surface area contributed by atoms with Crippen LogP contribution in [-0.4, -0.2) is 26.1 Å². The van der Waals surface area contributed by atoms with E-state index in [1.165, 1.54) is 21.9 Å². The highest BCUT2D eigenvalue weighted by molar-refractivity contribution is 9.12. The van der Waals surface area contributed by atoms with E-state index < -0.39 is 16.1 Å². The molecule has 2 heterocycles. The lowest BCUT2D eigenvalue weighted by Gasteiger charge is -2.38. The van der Waals surface area contributed by atoms with Gasteiger partial charge in [-0.15, -0.1) is 17.0 Å². The van der Waals surface area contributed by atoms with Gasteiger partial charge < -0.3 is 0 Å². The molecule has 47 heavy (non-hydrogen) atoms. The Kier molecular flexibility index (Phi) is 16.1. The highest BCUT2D eigenvalue weighted by Gasteiger charge is 2.42. The summed E-state index contributed by atoms with van der Waals surface area (Å²) >= 11 is 3.26. The molecule has 0 bridgehead atoms. The molecule has 0 N–H and O–H groups in total. The molecule has 0 amide bonds. The van der Waals surface area contributed by atoms with E-state index in [1.54, 1.807) is 0 Å². The van der Waals surface area contributed by atoms with Gasteiger partial charge in [0.2, 0.25) is 0 Å². The number of para-hydroxylation sites is 2. The van der Waals surface area contributed by atoms with Gasteiger partial charge in [-0.05, 0) is 68.3 Å². The molecule has 0 fully saturated rings. The zero-order valence-electron chi connectivity index (χ0n) is 31.4. The fraction of sp³-hybridized carbons (Fsp3) is 0.476. The summed E-state index contributed by atoms with van der Waals surface area (Å²) in [4.78, 5) is 11.8. The molecule has 0 atom stereocenters. The van der Waals surface area contributed by atoms with Crippen LogP contribution in [0.15, 0.2) is 73.1 Å². The van der Waals surface area contributed by atoms with Crippen LogP contribution in [0.5, 0.6) is 0 Å². The van der Waals surface area contributed by atoms with Crippen molar-refractivity contribution in [1.29, 1.82) is 0 Å². The van der Waals surface area contributed by atoms with Crippen molar-refractivity contribution < 1.29 is 0 Å². The molecule has 2 nitrogen and oxygen atoms in total. The van der Waals surface area contributed by atoms with Gasteiger partial charge in [0, 0.05) is 45.5 Å². The molecule has 2 aromatic heterocycles. The standard InChI is InChI=1S/C21H29NSi.C11H21BrSi.C10H9N/c1-16(2)23(17(3)4,18(5)6)15-9-13-20-11-7-10-19-12-8-14-22-21(19)20;1-9(2)13(8-7-12,10(3)4)11(5)6;1-8-4-2-5-9-6-3-7-11-10(8)9/h7-8,10-12,14,16-18H,13H2,1-6H3;9-11H,1-6H3;2-7H,1H3. The number of pyridine rings is 2. The van der Waals surface area contributed by atoms with Crippen LogP contribution in [0, 0.1) is 28.8 Å². The molecule has 0 aliphatic rings. The zero-order chi connectivity index (χ0) is 35.4. The topological polar surface area (TPSA) is 25.8 Å². The summed E-state index contributed by atoms with van der Waals surface area (Å²) in [6.45, 7) is 30.2. The zero-order valence-corrected chi connectivity index (χ0v) is 35.0. The highest BCUT2D eigenvalue weighted by atomic mass is 79.9. The Bertz CT molecular complexity index is 1630. The fourth-order valence-corrected chi connectivity index (χ4v) is 19.1. The van der Waals surface area contributed by atoms with Gasteiger partial charge in [-0.25, -0.2) is 0 Å². The van der Waals surface area contributed by atoms with E-state index in [-0.39, 0.29) is 0 Å². The summed E-state index contributed by atoms with van der Waals surface area (Å²) in [7, 11) is -3.07. The first-order valence-corrected chi connectivity index (χ1v) is 22.7. The maximum Gasteiger partial charge on any atom is 0.147 e. The third-order valence-corrected chi connectivity index (χ3v) is 23.3. The summed E-state index contributed by atoms with van der Waals surface area (Å²) < 4.78 is 0.